The number of esters is 1. The van der Waals surface area contributed by atoms with Gasteiger partial charge in [-0.05, 0) is 45.1 Å². The lowest BCUT2D eigenvalue weighted by Gasteiger charge is -2.39. The molecule has 0 saturated carbocycles. The summed E-state index contributed by atoms with van der Waals surface area (Å²) in [6.07, 6.45) is 4.96. The second kappa shape index (κ2) is 15.9. The van der Waals surface area contributed by atoms with E-state index >= 15 is 0 Å². The lowest BCUT2D eigenvalue weighted by atomic mass is 9.70. The highest BCUT2D eigenvalue weighted by molar-refractivity contribution is 9.09. The van der Waals surface area contributed by atoms with Gasteiger partial charge < -0.3 is 29.3 Å². The van der Waals surface area contributed by atoms with Crippen LogP contribution in [-0.4, -0.2) is 105 Å². The third kappa shape index (κ3) is 7.08. The molecule has 9 atom stereocenters. The highest BCUT2D eigenvalue weighted by Crippen LogP contribution is 2.60. The number of benzene rings is 1. The Hall–Kier alpha value is -3.02. The van der Waals surface area contributed by atoms with Crippen LogP contribution in [0.2, 0.25) is 0 Å². The van der Waals surface area contributed by atoms with Gasteiger partial charge in [-0.3, -0.25) is 19.2 Å². The quantitative estimate of drug-likeness (QED) is 0.144. The van der Waals surface area contributed by atoms with E-state index in [1.54, 1.807) is 29.0 Å². The first kappa shape index (κ1) is 36.8. The van der Waals surface area contributed by atoms with Crippen molar-refractivity contribution in [1.29, 1.82) is 0 Å². The van der Waals surface area contributed by atoms with E-state index < -0.39 is 47.7 Å². The summed E-state index contributed by atoms with van der Waals surface area (Å²) >= 11 is 3.73. The van der Waals surface area contributed by atoms with Crippen molar-refractivity contribution >= 4 is 39.6 Å². The number of hydrogen-bond donors (Lipinski definition) is 1. The van der Waals surface area contributed by atoms with E-state index in [4.69, 9.17) is 9.47 Å². The number of carbonyl (C=O) groups is 4. The fraction of sp³-hybridized carbons (Fsp3) is 0.611. The topological polar surface area (TPSA) is 117 Å². The molecule has 3 heterocycles. The minimum absolute atomic E-state index is 0.103. The largest absolute Gasteiger partial charge is 0.455 e. The molecule has 2 unspecified atom stereocenters. The first-order valence-electron chi connectivity index (χ1n) is 16.8. The zero-order valence-electron chi connectivity index (χ0n) is 28.1. The second-order valence-corrected chi connectivity index (χ2v) is 14.2. The third-order valence-corrected chi connectivity index (χ3v) is 10.9. The number of hydrogen-bond acceptors (Lipinski definition) is 7. The van der Waals surface area contributed by atoms with Crippen molar-refractivity contribution in [2.45, 2.75) is 100 Å². The van der Waals surface area contributed by atoms with Gasteiger partial charge in [0.1, 0.15) is 17.7 Å². The predicted molar refractivity (Wildman–Crippen MR) is 182 cm³/mol. The highest BCUT2D eigenvalue weighted by Gasteiger charge is 2.77. The van der Waals surface area contributed by atoms with Crippen molar-refractivity contribution < 1.29 is 33.8 Å². The summed E-state index contributed by atoms with van der Waals surface area (Å²) in [6, 6.07) is 7.66. The first-order valence-corrected chi connectivity index (χ1v) is 17.7. The van der Waals surface area contributed by atoms with Crippen LogP contribution < -0.4 is 0 Å². The molecule has 0 radical (unpaired) electrons. The van der Waals surface area contributed by atoms with Gasteiger partial charge in [-0.15, -0.1) is 13.2 Å². The van der Waals surface area contributed by atoms with Gasteiger partial charge in [-0.2, -0.15) is 0 Å². The Bertz CT molecular complexity index is 1310. The van der Waals surface area contributed by atoms with Crippen LogP contribution in [0.1, 0.15) is 71.0 Å². The van der Waals surface area contributed by atoms with E-state index in [1.165, 1.54) is 4.90 Å². The fourth-order valence-corrected chi connectivity index (χ4v) is 8.58. The Morgan fingerprint density at radius 3 is 2.53 bits per heavy atom. The number of aliphatic hydroxyl groups excluding tert-OH is 1. The minimum Gasteiger partial charge on any atom is -0.455 e. The van der Waals surface area contributed by atoms with Crippen molar-refractivity contribution in [2.75, 3.05) is 26.7 Å². The molecule has 47 heavy (non-hydrogen) atoms. The van der Waals surface area contributed by atoms with Crippen LogP contribution in [-0.2, 0) is 28.7 Å². The summed E-state index contributed by atoms with van der Waals surface area (Å²) in [4.78, 5) is 60.8. The Balaban J connectivity index is 1.71. The Kier molecular flexibility index (Phi) is 12.5. The summed E-state index contributed by atoms with van der Waals surface area (Å²) in [5.74, 6) is -3.22. The molecule has 10 nitrogen and oxygen atoms in total. The highest BCUT2D eigenvalue weighted by atomic mass is 79.9. The molecule has 0 aromatic heterocycles. The van der Waals surface area contributed by atoms with Crippen molar-refractivity contribution in [3.8, 4) is 0 Å². The van der Waals surface area contributed by atoms with Gasteiger partial charge in [0.25, 0.3) is 0 Å². The molecule has 1 spiro atoms. The molecule has 258 valence electrons. The number of likely N-dealkylation sites (tertiary alicyclic amines) is 1. The van der Waals surface area contributed by atoms with Crippen LogP contribution in [0.5, 0.6) is 0 Å². The van der Waals surface area contributed by atoms with Gasteiger partial charge in [0.05, 0.1) is 24.0 Å². The number of fused-ring (bicyclic) bond motifs is 1. The van der Waals surface area contributed by atoms with Crippen molar-refractivity contribution in [3.05, 3.63) is 61.2 Å². The van der Waals surface area contributed by atoms with Gasteiger partial charge in [0.15, 0.2) is 0 Å². The number of aliphatic hydroxyl groups is 1. The van der Waals surface area contributed by atoms with Crippen molar-refractivity contribution in [3.63, 3.8) is 0 Å². The summed E-state index contributed by atoms with van der Waals surface area (Å²) in [5.41, 5.74) is -0.533. The number of allylic oxidation sites excluding steroid dienone is 1. The summed E-state index contributed by atoms with van der Waals surface area (Å²) in [6.45, 7) is 13.7. The van der Waals surface area contributed by atoms with Crippen LogP contribution in [0.3, 0.4) is 0 Å². The van der Waals surface area contributed by atoms with E-state index in [0.29, 0.717) is 24.9 Å². The molecular weight excluding hydrogens is 666 g/mol. The van der Waals surface area contributed by atoms with Crippen LogP contribution in [0.4, 0.5) is 0 Å². The molecule has 0 aliphatic carbocycles. The molecule has 1 aromatic carbocycles. The number of rotatable bonds is 17. The Morgan fingerprint density at radius 2 is 1.91 bits per heavy atom. The lowest BCUT2D eigenvalue weighted by molar-refractivity contribution is -0.164. The molecule has 3 aliphatic rings. The van der Waals surface area contributed by atoms with Gasteiger partial charge in [0.2, 0.25) is 17.7 Å². The standard InChI is InChI=1S/C36H50BrN3O7/c1-7-10-18-27(42)38(6)24(5)30(25-16-12-11-13-17-25)46-35(45)28-29-33(43)40(20-14-21-41)32(36(29)22-26(37)31(28)47-36)34(44)39(19-9-3)23(4)15-8-2/h7,9,11-13,16-17,23-24,26,28-32,41H,1,3,8,10,14-15,18-22H2,2,4-6H3/t23?,24-,26?,28+,29-,30+,31+,32+,36-/m0/s1. The van der Waals surface area contributed by atoms with E-state index in [-0.39, 0.29) is 54.6 Å². The number of ether oxygens (including phenoxy) is 2. The van der Waals surface area contributed by atoms with Gasteiger partial charge in [-0.1, -0.05) is 71.8 Å². The summed E-state index contributed by atoms with van der Waals surface area (Å²) in [7, 11) is 1.69. The average molecular weight is 717 g/mol. The third-order valence-electron chi connectivity index (χ3n) is 10.1. The first-order chi connectivity index (χ1) is 22.5. The summed E-state index contributed by atoms with van der Waals surface area (Å²) < 4.78 is 13.0. The fourth-order valence-electron chi connectivity index (χ4n) is 7.64. The Morgan fingerprint density at radius 1 is 1.21 bits per heavy atom. The molecule has 3 fully saturated rings. The molecule has 11 heteroatoms. The maximum Gasteiger partial charge on any atom is 0.313 e. The predicted octanol–water partition coefficient (Wildman–Crippen LogP) is 4.42. The number of carbonyl (C=O) groups excluding carboxylic acids is 4. The normalized spacial score (nSPS) is 27.9. The van der Waals surface area contributed by atoms with Crippen LogP contribution in [0.25, 0.3) is 0 Å². The Labute approximate surface area is 287 Å². The van der Waals surface area contributed by atoms with E-state index in [1.807, 2.05) is 44.2 Å². The number of alkyl halides is 1. The zero-order valence-corrected chi connectivity index (χ0v) is 29.6. The monoisotopic (exact) mass is 715 g/mol. The van der Waals surface area contributed by atoms with Crippen molar-refractivity contribution in [1.82, 2.24) is 14.7 Å². The second-order valence-electron chi connectivity index (χ2n) is 13.0. The van der Waals surface area contributed by atoms with Gasteiger partial charge >= 0.3 is 5.97 Å². The maximum absolute atomic E-state index is 14.5. The maximum atomic E-state index is 14.5. The molecule has 1 aromatic rings. The molecule has 4 rings (SSSR count). The molecule has 3 aliphatic heterocycles. The van der Waals surface area contributed by atoms with Gasteiger partial charge in [-0.25, -0.2) is 0 Å². The molecule has 2 bridgehead atoms. The average Bonchev–Trinajstić information content (AvgIpc) is 3.66. The van der Waals surface area contributed by atoms with Crippen LogP contribution in [0.15, 0.2) is 55.6 Å². The number of amides is 3. The van der Waals surface area contributed by atoms with E-state index in [0.717, 1.165) is 12.8 Å². The number of nitrogens with zero attached hydrogens (tertiary/aromatic N) is 3. The van der Waals surface area contributed by atoms with Crippen LogP contribution in [0, 0.1) is 11.8 Å². The zero-order chi connectivity index (χ0) is 34.5. The van der Waals surface area contributed by atoms with Gasteiger partial charge in [0, 0.05) is 44.0 Å². The number of likely N-dealkylation sites (N-methyl/N-ethyl adjacent to an activating group) is 1. The van der Waals surface area contributed by atoms with E-state index in [9.17, 15) is 24.3 Å². The smallest absolute Gasteiger partial charge is 0.313 e. The lowest BCUT2D eigenvalue weighted by Crippen LogP contribution is -2.58. The van der Waals surface area contributed by atoms with E-state index in [2.05, 4.69) is 36.0 Å². The molecular formula is C36H50BrN3O7. The molecule has 3 saturated heterocycles. The minimum atomic E-state index is -1.25. The number of halogens is 1. The molecule has 1 N–H and O–H groups in total. The molecule has 3 amide bonds. The SMILES string of the molecule is C=CCCC(=O)N(C)[C@@H](C)[C@@H](OC(=O)[C@H]1[C@@H]2O[C@@]3(CC2Br)[C@@H]1C(=O)N(CCCO)[C@@H]3C(=O)N(CC=C)C(C)CCC)c1ccccc1. The van der Waals surface area contributed by atoms with Crippen molar-refractivity contribution in [2.24, 2.45) is 11.8 Å². The van der Waals surface area contributed by atoms with Crippen LogP contribution >= 0.6 is 15.9 Å². The summed E-state index contributed by atoms with van der Waals surface area (Å²) in [5, 5.41) is 9.70.